The number of nitrogens with zero attached hydrogens (tertiary/aromatic N) is 1. The van der Waals surface area contributed by atoms with Crippen molar-refractivity contribution in [2.24, 2.45) is 0 Å². The number of anilines is 1. The Labute approximate surface area is 167 Å². The summed E-state index contributed by atoms with van der Waals surface area (Å²) >= 11 is 18.7. The molecule has 1 saturated heterocycles. The second kappa shape index (κ2) is 9.76. The normalized spacial score (nSPS) is 17.2. The van der Waals surface area contributed by atoms with E-state index in [1.165, 1.54) is 11.8 Å². The maximum atomic E-state index is 12.1. The number of hydrogen-bond donors (Lipinski definition) is 1. The Morgan fingerprint density at radius 2 is 2.08 bits per heavy atom. The van der Waals surface area contributed by atoms with Crippen LogP contribution in [0.15, 0.2) is 18.2 Å². The highest BCUT2D eigenvalue weighted by atomic mass is 35.5. The summed E-state index contributed by atoms with van der Waals surface area (Å²) in [5.41, 5.74) is 0.523. The Bertz CT molecular complexity index is 670. The molecule has 0 radical (unpaired) electrons. The molecule has 2 rings (SSSR count). The summed E-state index contributed by atoms with van der Waals surface area (Å²) in [5, 5.41) is 3.72. The van der Waals surface area contributed by atoms with Gasteiger partial charge in [0.2, 0.25) is 11.8 Å². The molecular formula is C17H20Cl2N2O2S2. The smallest absolute Gasteiger partial charge is 0.241 e. The van der Waals surface area contributed by atoms with Crippen LogP contribution in [0, 0.1) is 0 Å². The van der Waals surface area contributed by atoms with Crippen LogP contribution in [-0.4, -0.2) is 32.8 Å². The zero-order chi connectivity index (χ0) is 18.4. The zero-order valence-corrected chi connectivity index (χ0v) is 17.0. The molecular weight excluding hydrogens is 399 g/mol. The minimum Gasteiger partial charge on any atom is -0.325 e. The first kappa shape index (κ1) is 20.5. The average molecular weight is 419 g/mol. The van der Waals surface area contributed by atoms with Crippen LogP contribution in [0.4, 0.5) is 5.69 Å². The Morgan fingerprint density at radius 3 is 2.76 bits per heavy atom. The monoisotopic (exact) mass is 418 g/mol. The first-order chi connectivity index (χ1) is 11.9. The number of halogens is 2. The fourth-order valence-electron chi connectivity index (χ4n) is 2.50. The van der Waals surface area contributed by atoms with E-state index in [0.29, 0.717) is 33.0 Å². The second-order valence-corrected chi connectivity index (χ2v) is 8.43. The molecule has 0 aromatic heterocycles. The van der Waals surface area contributed by atoms with Crippen molar-refractivity contribution >= 4 is 69.0 Å². The van der Waals surface area contributed by atoms with Crippen LogP contribution in [0.2, 0.25) is 10.0 Å². The van der Waals surface area contributed by atoms with Crippen LogP contribution in [-0.2, 0) is 9.59 Å². The molecule has 8 heteroatoms. The number of carbonyl (C=O) groups is 2. The van der Waals surface area contributed by atoms with Gasteiger partial charge in [0.1, 0.15) is 4.32 Å². The molecule has 4 nitrogen and oxygen atoms in total. The molecule has 0 saturated carbocycles. The van der Waals surface area contributed by atoms with Crippen molar-refractivity contribution in [1.82, 2.24) is 4.90 Å². The molecule has 1 heterocycles. The predicted molar refractivity (Wildman–Crippen MR) is 110 cm³/mol. The molecule has 1 fully saturated rings. The number of rotatable bonds is 8. The maximum absolute atomic E-state index is 12.1. The SMILES string of the molecule is CCC1SC(=S)N(CCCCCC(=O)Nc2cc(Cl)ccc2Cl)C1=O. The molecule has 1 aromatic rings. The lowest BCUT2D eigenvalue weighted by Crippen LogP contribution is -2.32. The first-order valence-corrected chi connectivity index (χ1v) is 10.2. The van der Waals surface area contributed by atoms with E-state index in [9.17, 15) is 9.59 Å². The average Bonchev–Trinajstić information content (AvgIpc) is 2.85. The van der Waals surface area contributed by atoms with Gasteiger partial charge < -0.3 is 5.32 Å². The third-order valence-electron chi connectivity index (χ3n) is 3.86. The molecule has 136 valence electrons. The summed E-state index contributed by atoms with van der Waals surface area (Å²) in [4.78, 5) is 25.8. The molecule has 2 amide bonds. The lowest BCUT2D eigenvalue weighted by Gasteiger charge is -2.15. The maximum Gasteiger partial charge on any atom is 0.241 e. The Hall–Kier alpha value is -0.820. The lowest BCUT2D eigenvalue weighted by molar-refractivity contribution is -0.126. The lowest BCUT2D eigenvalue weighted by atomic mass is 10.1. The van der Waals surface area contributed by atoms with Gasteiger partial charge in [-0.1, -0.05) is 60.5 Å². The van der Waals surface area contributed by atoms with Crippen molar-refractivity contribution in [1.29, 1.82) is 0 Å². The van der Waals surface area contributed by atoms with Crippen molar-refractivity contribution in [3.8, 4) is 0 Å². The summed E-state index contributed by atoms with van der Waals surface area (Å²) in [6.07, 6.45) is 3.61. The van der Waals surface area contributed by atoms with E-state index in [1.54, 1.807) is 23.1 Å². The highest BCUT2D eigenvalue weighted by Crippen LogP contribution is 2.29. The highest BCUT2D eigenvalue weighted by molar-refractivity contribution is 8.24. The van der Waals surface area contributed by atoms with Gasteiger partial charge in [-0.05, 0) is 37.5 Å². The van der Waals surface area contributed by atoms with Crippen molar-refractivity contribution in [2.75, 3.05) is 11.9 Å². The third kappa shape index (κ3) is 5.84. The minimum atomic E-state index is -0.0986. The summed E-state index contributed by atoms with van der Waals surface area (Å²) in [5.74, 6) is 0.0179. The van der Waals surface area contributed by atoms with E-state index in [1.807, 2.05) is 6.92 Å². The van der Waals surface area contributed by atoms with Crippen LogP contribution in [0.5, 0.6) is 0 Å². The number of benzene rings is 1. The number of thiocarbonyl (C=S) groups is 1. The van der Waals surface area contributed by atoms with Crippen LogP contribution in [0.25, 0.3) is 0 Å². The van der Waals surface area contributed by atoms with E-state index >= 15 is 0 Å². The Morgan fingerprint density at radius 1 is 1.32 bits per heavy atom. The fourth-order valence-corrected chi connectivity index (χ4v) is 4.31. The van der Waals surface area contributed by atoms with Gasteiger partial charge in [-0.2, -0.15) is 0 Å². The van der Waals surface area contributed by atoms with Gasteiger partial charge in [0.25, 0.3) is 0 Å². The van der Waals surface area contributed by atoms with E-state index in [-0.39, 0.29) is 17.1 Å². The predicted octanol–water partition coefficient (Wildman–Crippen LogP) is 5.13. The molecule has 0 spiro atoms. The second-order valence-electron chi connectivity index (χ2n) is 5.75. The van der Waals surface area contributed by atoms with Crippen LogP contribution in [0.3, 0.4) is 0 Å². The van der Waals surface area contributed by atoms with Gasteiger partial charge >= 0.3 is 0 Å². The Kier molecular flexibility index (Phi) is 8.00. The van der Waals surface area contributed by atoms with E-state index < -0.39 is 0 Å². The highest BCUT2D eigenvalue weighted by Gasteiger charge is 2.34. The van der Waals surface area contributed by atoms with E-state index in [2.05, 4.69) is 5.32 Å². The summed E-state index contributed by atoms with van der Waals surface area (Å²) in [6, 6.07) is 4.95. The van der Waals surface area contributed by atoms with E-state index in [0.717, 1.165) is 25.7 Å². The van der Waals surface area contributed by atoms with Gasteiger partial charge in [-0.15, -0.1) is 0 Å². The largest absolute Gasteiger partial charge is 0.325 e. The Balaban J connectivity index is 1.68. The van der Waals surface area contributed by atoms with Crippen LogP contribution in [0.1, 0.15) is 39.0 Å². The number of nitrogens with one attached hydrogen (secondary N) is 1. The molecule has 0 aliphatic carbocycles. The molecule has 1 aromatic carbocycles. The zero-order valence-electron chi connectivity index (χ0n) is 13.9. The van der Waals surface area contributed by atoms with E-state index in [4.69, 9.17) is 35.4 Å². The van der Waals surface area contributed by atoms with Gasteiger partial charge in [0.05, 0.1) is 16.0 Å². The van der Waals surface area contributed by atoms with Crippen molar-refractivity contribution in [3.05, 3.63) is 28.2 Å². The molecule has 0 bridgehead atoms. The molecule has 1 aliphatic rings. The topological polar surface area (TPSA) is 49.4 Å². The summed E-state index contributed by atoms with van der Waals surface area (Å²) < 4.78 is 0.671. The van der Waals surface area contributed by atoms with Crippen LogP contribution < -0.4 is 5.32 Å². The number of unbranched alkanes of at least 4 members (excludes halogenated alkanes) is 2. The molecule has 1 aliphatic heterocycles. The van der Waals surface area contributed by atoms with Crippen LogP contribution >= 0.6 is 47.2 Å². The number of amides is 2. The van der Waals surface area contributed by atoms with Crippen molar-refractivity contribution in [3.63, 3.8) is 0 Å². The van der Waals surface area contributed by atoms with Gasteiger partial charge in [-0.3, -0.25) is 14.5 Å². The minimum absolute atomic E-state index is 0.0271. The molecule has 1 atom stereocenters. The van der Waals surface area contributed by atoms with Crippen molar-refractivity contribution in [2.45, 2.75) is 44.3 Å². The third-order valence-corrected chi connectivity index (χ3v) is 6.18. The number of hydrogen-bond acceptors (Lipinski definition) is 4. The number of carbonyl (C=O) groups excluding carboxylic acids is 2. The molecule has 1 unspecified atom stereocenters. The molecule has 25 heavy (non-hydrogen) atoms. The molecule has 1 N–H and O–H groups in total. The quantitative estimate of drug-likeness (QED) is 0.469. The first-order valence-electron chi connectivity index (χ1n) is 8.19. The van der Waals surface area contributed by atoms with Gasteiger partial charge in [0, 0.05) is 18.0 Å². The standard InChI is InChI=1S/C17H20Cl2N2O2S2/c1-2-14-16(23)21(17(24)25-14)9-5-3-4-6-15(22)20-13-10-11(18)7-8-12(13)19/h7-8,10,14H,2-6,9H2,1H3,(H,20,22). The number of thioether (sulfide) groups is 1. The summed E-state index contributed by atoms with van der Waals surface area (Å²) in [7, 11) is 0. The van der Waals surface area contributed by atoms with Gasteiger partial charge in [-0.25, -0.2) is 0 Å². The fraction of sp³-hybridized carbons (Fsp3) is 0.471. The summed E-state index contributed by atoms with van der Waals surface area (Å²) in [6.45, 7) is 2.62. The van der Waals surface area contributed by atoms with Crippen molar-refractivity contribution < 1.29 is 9.59 Å². The van der Waals surface area contributed by atoms with Gasteiger partial charge in [0.15, 0.2) is 0 Å².